The van der Waals surface area contributed by atoms with E-state index >= 15 is 0 Å². The Hall–Kier alpha value is -3.53. The summed E-state index contributed by atoms with van der Waals surface area (Å²) in [6.07, 6.45) is 5.87. The van der Waals surface area contributed by atoms with Crippen molar-refractivity contribution in [2.45, 2.75) is 32.1 Å². The Morgan fingerprint density at radius 3 is 2.48 bits per heavy atom. The van der Waals surface area contributed by atoms with Gasteiger partial charge in [-0.25, -0.2) is 0 Å². The molecular formula is C27H26N2O2. The number of aromatic nitrogens is 2. The first-order valence-electron chi connectivity index (χ1n) is 10.5. The summed E-state index contributed by atoms with van der Waals surface area (Å²) in [7, 11) is 1.44. The maximum Gasteiger partial charge on any atom is 0.313 e. The second-order valence-corrected chi connectivity index (χ2v) is 8.06. The Labute approximate surface area is 182 Å². The van der Waals surface area contributed by atoms with E-state index in [1.807, 2.05) is 36.5 Å². The largest absolute Gasteiger partial charge is 0.469 e. The number of hydrogen-bond acceptors (Lipinski definition) is 4. The number of pyridine rings is 2. The molecule has 0 amide bonds. The lowest BCUT2D eigenvalue weighted by Crippen LogP contribution is -2.17. The Morgan fingerprint density at radius 1 is 0.935 bits per heavy atom. The number of carbonyl (C=O) groups is 1. The monoisotopic (exact) mass is 410 g/mol. The molecular weight excluding hydrogens is 384 g/mol. The van der Waals surface area contributed by atoms with Gasteiger partial charge < -0.3 is 4.74 Å². The molecule has 31 heavy (non-hydrogen) atoms. The highest BCUT2D eigenvalue weighted by molar-refractivity contribution is 5.94. The third-order valence-corrected chi connectivity index (χ3v) is 5.67. The molecule has 2 heterocycles. The topological polar surface area (TPSA) is 52.1 Å². The first-order chi connectivity index (χ1) is 15.1. The van der Waals surface area contributed by atoms with Gasteiger partial charge in [0.25, 0.3) is 0 Å². The third kappa shape index (κ3) is 4.48. The SMILES string of the molecule is COC(=O)C(Cc1ccncc1)c1cccc(-c2cc(C(C)C)cc3cccnc23)c1. The second kappa shape index (κ2) is 9.09. The third-order valence-electron chi connectivity index (χ3n) is 5.67. The maximum absolute atomic E-state index is 12.7. The minimum absolute atomic E-state index is 0.243. The Morgan fingerprint density at radius 2 is 1.74 bits per heavy atom. The zero-order valence-corrected chi connectivity index (χ0v) is 18.1. The molecule has 0 N–H and O–H groups in total. The minimum atomic E-state index is -0.389. The fourth-order valence-corrected chi connectivity index (χ4v) is 3.93. The first kappa shape index (κ1) is 20.7. The quantitative estimate of drug-likeness (QED) is 0.370. The number of ether oxygens (including phenoxy) is 1. The first-order valence-corrected chi connectivity index (χ1v) is 10.5. The lowest BCUT2D eigenvalue weighted by molar-refractivity contribution is -0.142. The lowest BCUT2D eigenvalue weighted by atomic mass is 9.89. The Bertz CT molecular complexity index is 1200. The number of methoxy groups -OCH3 is 1. The van der Waals surface area contributed by atoms with Crippen LogP contribution in [0.1, 0.15) is 42.4 Å². The van der Waals surface area contributed by atoms with E-state index in [1.165, 1.54) is 12.7 Å². The predicted octanol–water partition coefficient (Wildman–Crippen LogP) is 5.92. The van der Waals surface area contributed by atoms with Crippen molar-refractivity contribution in [3.63, 3.8) is 0 Å². The van der Waals surface area contributed by atoms with Crippen LogP contribution in [-0.4, -0.2) is 23.0 Å². The molecule has 2 aromatic carbocycles. The van der Waals surface area contributed by atoms with Gasteiger partial charge >= 0.3 is 5.97 Å². The average Bonchev–Trinajstić information content (AvgIpc) is 2.82. The van der Waals surface area contributed by atoms with Crippen molar-refractivity contribution < 1.29 is 9.53 Å². The van der Waals surface area contributed by atoms with E-state index in [9.17, 15) is 4.79 Å². The summed E-state index contributed by atoms with van der Waals surface area (Å²) in [6.45, 7) is 4.39. The van der Waals surface area contributed by atoms with Gasteiger partial charge in [0.15, 0.2) is 0 Å². The van der Waals surface area contributed by atoms with Crippen molar-refractivity contribution in [1.29, 1.82) is 0 Å². The molecule has 1 unspecified atom stereocenters. The van der Waals surface area contributed by atoms with Crippen molar-refractivity contribution in [3.8, 4) is 11.1 Å². The number of rotatable bonds is 6. The summed E-state index contributed by atoms with van der Waals surface area (Å²) < 4.78 is 5.14. The molecule has 0 bridgehead atoms. The summed E-state index contributed by atoms with van der Waals surface area (Å²) >= 11 is 0. The highest BCUT2D eigenvalue weighted by atomic mass is 16.5. The Kier molecular flexibility index (Phi) is 6.08. The van der Waals surface area contributed by atoms with Gasteiger partial charge in [-0.1, -0.05) is 44.2 Å². The van der Waals surface area contributed by atoms with Gasteiger partial charge in [0.1, 0.15) is 0 Å². The molecule has 0 saturated heterocycles. The Balaban J connectivity index is 1.81. The van der Waals surface area contributed by atoms with Gasteiger partial charge in [0.2, 0.25) is 0 Å². The highest BCUT2D eigenvalue weighted by Gasteiger charge is 2.23. The van der Waals surface area contributed by atoms with Gasteiger partial charge in [0.05, 0.1) is 18.5 Å². The van der Waals surface area contributed by atoms with E-state index in [4.69, 9.17) is 4.74 Å². The van der Waals surface area contributed by atoms with Crippen LogP contribution in [0.4, 0.5) is 0 Å². The maximum atomic E-state index is 12.7. The molecule has 4 heteroatoms. The standard InChI is InChI=1S/C27H26N2O2/c1-18(2)23-16-22-8-5-11-29-26(22)24(17-23)20-6-4-7-21(15-20)25(27(30)31-3)14-19-9-12-28-13-10-19/h4-13,15-18,25H,14H2,1-3H3. The molecule has 0 fully saturated rings. The van der Waals surface area contributed by atoms with E-state index in [-0.39, 0.29) is 11.9 Å². The molecule has 156 valence electrons. The van der Waals surface area contributed by atoms with E-state index in [1.54, 1.807) is 12.4 Å². The number of benzene rings is 2. The van der Waals surface area contributed by atoms with Crippen LogP contribution in [0.25, 0.3) is 22.0 Å². The van der Waals surface area contributed by atoms with E-state index in [0.29, 0.717) is 12.3 Å². The molecule has 0 saturated carbocycles. The summed E-state index contributed by atoms with van der Waals surface area (Å²) in [5, 5.41) is 1.12. The van der Waals surface area contributed by atoms with Crippen molar-refractivity contribution in [3.05, 3.63) is 95.9 Å². The van der Waals surface area contributed by atoms with Crippen LogP contribution in [-0.2, 0) is 16.0 Å². The van der Waals surface area contributed by atoms with Gasteiger partial charge in [-0.15, -0.1) is 0 Å². The van der Waals surface area contributed by atoms with Crippen LogP contribution in [0, 0.1) is 0 Å². The summed E-state index contributed by atoms with van der Waals surface area (Å²) in [5.74, 6) is -0.228. The fourth-order valence-electron chi connectivity index (χ4n) is 3.93. The molecule has 4 nitrogen and oxygen atoms in total. The summed E-state index contributed by atoms with van der Waals surface area (Å²) in [4.78, 5) is 21.4. The molecule has 1 atom stereocenters. The van der Waals surface area contributed by atoms with Crippen molar-refractivity contribution >= 4 is 16.9 Å². The van der Waals surface area contributed by atoms with Crippen LogP contribution in [0.5, 0.6) is 0 Å². The molecule has 0 aliphatic carbocycles. The average molecular weight is 411 g/mol. The number of fused-ring (bicyclic) bond motifs is 1. The van der Waals surface area contributed by atoms with Crippen LogP contribution in [0.3, 0.4) is 0 Å². The molecule has 2 aromatic heterocycles. The molecule has 4 aromatic rings. The molecule has 4 rings (SSSR count). The van der Waals surface area contributed by atoms with Crippen molar-refractivity contribution in [1.82, 2.24) is 9.97 Å². The second-order valence-electron chi connectivity index (χ2n) is 8.06. The van der Waals surface area contributed by atoms with E-state index in [0.717, 1.165) is 33.2 Å². The normalized spacial score (nSPS) is 12.1. The van der Waals surface area contributed by atoms with Gasteiger partial charge in [-0.2, -0.15) is 0 Å². The highest BCUT2D eigenvalue weighted by Crippen LogP contribution is 2.33. The molecule has 0 radical (unpaired) electrons. The zero-order chi connectivity index (χ0) is 21.8. The number of carbonyl (C=O) groups excluding carboxylic acids is 1. The minimum Gasteiger partial charge on any atom is -0.469 e. The smallest absolute Gasteiger partial charge is 0.313 e. The lowest BCUT2D eigenvalue weighted by Gasteiger charge is -2.17. The molecule has 0 aliphatic heterocycles. The van der Waals surface area contributed by atoms with Crippen LogP contribution in [0.15, 0.2) is 79.3 Å². The van der Waals surface area contributed by atoms with Crippen molar-refractivity contribution in [2.75, 3.05) is 7.11 Å². The number of hydrogen-bond donors (Lipinski definition) is 0. The summed E-state index contributed by atoms with van der Waals surface area (Å²) in [5.41, 5.74) is 6.34. The van der Waals surface area contributed by atoms with E-state index in [2.05, 4.69) is 54.1 Å². The summed E-state index contributed by atoms with van der Waals surface area (Å²) in [6, 6.07) is 20.5. The van der Waals surface area contributed by atoms with Crippen LogP contribution in [0.2, 0.25) is 0 Å². The predicted molar refractivity (Wildman–Crippen MR) is 124 cm³/mol. The van der Waals surface area contributed by atoms with Crippen LogP contribution >= 0.6 is 0 Å². The number of nitrogens with zero attached hydrogens (tertiary/aromatic N) is 2. The number of esters is 1. The van der Waals surface area contributed by atoms with E-state index < -0.39 is 0 Å². The zero-order valence-electron chi connectivity index (χ0n) is 18.1. The van der Waals surface area contributed by atoms with Crippen molar-refractivity contribution in [2.24, 2.45) is 0 Å². The van der Waals surface area contributed by atoms with Gasteiger partial charge in [0, 0.05) is 29.5 Å². The van der Waals surface area contributed by atoms with Crippen LogP contribution < -0.4 is 0 Å². The fraction of sp³-hybridized carbons (Fsp3) is 0.222. The molecule has 0 spiro atoms. The van der Waals surface area contributed by atoms with Gasteiger partial charge in [-0.05, 0) is 64.9 Å². The molecule has 0 aliphatic rings. The van der Waals surface area contributed by atoms with Gasteiger partial charge in [-0.3, -0.25) is 14.8 Å².